The molecule has 0 saturated heterocycles. The Labute approximate surface area is 222 Å². The zero-order valence-corrected chi connectivity index (χ0v) is 21.4. The van der Waals surface area contributed by atoms with Gasteiger partial charge >= 0.3 is 0 Å². The maximum Gasteiger partial charge on any atom is 0.291 e. The van der Waals surface area contributed by atoms with Gasteiger partial charge in [0.15, 0.2) is 5.82 Å². The summed E-state index contributed by atoms with van der Waals surface area (Å²) in [5.74, 6) is 1.33. The molecule has 6 aromatic rings. The number of hydrogen-bond acceptors (Lipinski definition) is 6. The van der Waals surface area contributed by atoms with Crippen LogP contribution in [0.2, 0.25) is 0 Å². The molecule has 3 heterocycles. The first kappa shape index (κ1) is 23.6. The highest BCUT2D eigenvalue weighted by Crippen LogP contribution is 2.29. The number of nitrogens with zero attached hydrogens (tertiary/aromatic N) is 5. The molecule has 0 aliphatic carbocycles. The maximum absolute atomic E-state index is 13.3. The molecule has 0 amide bonds. The van der Waals surface area contributed by atoms with E-state index < -0.39 is 0 Å². The van der Waals surface area contributed by atoms with E-state index in [-0.39, 0.29) is 5.56 Å². The quantitative estimate of drug-likeness (QED) is 0.276. The highest BCUT2D eigenvalue weighted by atomic mass is 32.1. The number of fused-ring (bicyclic) bond motifs is 1. The molecule has 0 saturated carbocycles. The number of aryl methyl sites for hydroxylation is 1. The van der Waals surface area contributed by atoms with Crippen LogP contribution in [0.15, 0.2) is 103 Å². The average Bonchev–Trinajstić information content (AvgIpc) is 3.64. The smallest absolute Gasteiger partial charge is 0.291 e. The van der Waals surface area contributed by atoms with E-state index in [0.29, 0.717) is 21.9 Å². The largest absolute Gasteiger partial charge is 0.489 e. The third-order valence-corrected chi connectivity index (χ3v) is 7.03. The van der Waals surface area contributed by atoms with E-state index in [4.69, 9.17) is 9.84 Å². The molecule has 0 fully saturated rings. The summed E-state index contributed by atoms with van der Waals surface area (Å²) in [5.41, 5.74) is 5.08. The molecule has 0 bridgehead atoms. The van der Waals surface area contributed by atoms with Gasteiger partial charge in [0.05, 0.1) is 10.2 Å². The van der Waals surface area contributed by atoms with Crippen LogP contribution in [0.1, 0.15) is 11.1 Å². The van der Waals surface area contributed by atoms with Gasteiger partial charge < -0.3 is 4.74 Å². The van der Waals surface area contributed by atoms with Gasteiger partial charge in [-0.25, -0.2) is 4.68 Å². The molecular formula is C30H23N5O2S. The SMILES string of the molecule is C=CCOc1ccc(-c2nn(-c3ccccc3)cc2C=c2sc3nc(-c4ccccc4)nn3c2=O)cc1C. The van der Waals surface area contributed by atoms with Crippen molar-refractivity contribution in [2.45, 2.75) is 6.92 Å². The highest BCUT2D eigenvalue weighted by Gasteiger charge is 2.15. The summed E-state index contributed by atoms with van der Waals surface area (Å²) < 4.78 is 9.49. The van der Waals surface area contributed by atoms with Crippen LogP contribution in [0.4, 0.5) is 0 Å². The van der Waals surface area contributed by atoms with Crippen molar-refractivity contribution < 1.29 is 4.74 Å². The highest BCUT2D eigenvalue weighted by molar-refractivity contribution is 7.15. The van der Waals surface area contributed by atoms with Crippen molar-refractivity contribution in [1.29, 1.82) is 0 Å². The predicted octanol–water partition coefficient (Wildman–Crippen LogP) is 5.09. The Bertz CT molecular complexity index is 1870. The van der Waals surface area contributed by atoms with Gasteiger partial charge in [-0.3, -0.25) is 4.79 Å². The molecule has 0 aliphatic rings. The minimum atomic E-state index is -0.206. The fraction of sp³-hybridized carbons (Fsp3) is 0.0667. The van der Waals surface area contributed by atoms with E-state index in [1.54, 1.807) is 6.08 Å². The van der Waals surface area contributed by atoms with Crippen LogP contribution in [0.3, 0.4) is 0 Å². The van der Waals surface area contributed by atoms with Crippen LogP contribution in [-0.2, 0) is 0 Å². The van der Waals surface area contributed by atoms with Gasteiger partial charge in [0.1, 0.15) is 18.1 Å². The second kappa shape index (κ2) is 9.91. The molecule has 0 N–H and O–H groups in total. The van der Waals surface area contributed by atoms with Crippen molar-refractivity contribution in [3.8, 4) is 34.1 Å². The third-order valence-electron chi connectivity index (χ3n) is 6.07. The number of benzene rings is 3. The van der Waals surface area contributed by atoms with Crippen molar-refractivity contribution >= 4 is 22.4 Å². The first-order valence-electron chi connectivity index (χ1n) is 12.1. The third kappa shape index (κ3) is 4.42. The lowest BCUT2D eigenvalue weighted by molar-refractivity contribution is 0.361. The van der Waals surface area contributed by atoms with Crippen LogP contribution < -0.4 is 14.8 Å². The maximum atomic E-state index is 13.3. The van der Waals surface area contributed by atoms with Crippen molar-refractivity contribution in [2.24, 2.45) is 0 Å². The van der Waals surface area contributed by atoms with E-state index in [1.807, 2.05) is 103 Å². The number of aromatic nitrogens is 5. The van der Waals surface area contributed by atoms with Crippen molar-refractivity contribution in [1.82, 2.24) is 24.4 Å². The molecule has 8 heteroatoms. The number of thiazole rings is 1. The van der Waals surface area contributed by atoms with Crippen molar-refractivity contribution in [2.75, 3.05) is 6.61 Å². The zero-order chi connectivity index (χ0) is 26.1. The van der Waals surface area contributed by atoms with Crippen LogP contribution >= 0.6 is 11.3 Å². The first-order valence-corrected chi connectivity index (χ1v) is 12.9. The van der Waals surface area contributed by atoms with E-state index in [0.717, 1.165) is 39.4 Å². The zero-order valence-electron chi connectivity index (χ0n) is 20.6. The first-order chi connectivity index (χ1) is 18.6. The molecule has 0 atom stereocenters. The molecule has 0 aliphatic heterocycles. The summed E-state index contributed by atoms with van der Waals surface area (Å²) in [6.07, 6.45) is 5.52. The second-order valence-corrected chi connectivity index (χ2v) is 9.71. The van der Waals surface area contributed by atoms with Crippen molar-refractivity contribution in [3.05, 3.63) is 124 Å². The number of hydrogen-bond donors (Lipinski definition) is 0. The van der Waals surface area contributed by atoms with E-state index in [1.165, 1.54) is 15.9 Å². The van der Waals surface area contributed by atoms with Crippen LogP contribution in [-0.4, -0.2) is 31.0 Å². The summed E-state index contributed by atoms with van der Waals surface area (Å²) >= 11 is 1.31. The van der Waals surface area contributed by atoms with Crippen LogP contribution in [0.25, 0.3) is 39.4 Å². The monoisotopic (exact) mass is 517 g/mol. The lowest BCUT2D eigenvalue weighted by atomic mass is 10.0. The van der Waals surface area contributed by atoms with Gasteiger partial charge in [-0.15, -0.1) is 5.10 Å². The topological polar surface area (TPSA) is 74.3 Å². The summed E-state index contributed by atoms with van der Waals surface area (Å²) in [6, 6.07) is 25.5. The van der Waals surface area contributed by atoms with E-state index in [9.17, 15) is 4.79 Å². The summed E-state index contributed by atoms with van der Waals surface area (Å²) in [7, 11) is 0. The Morgan fingerprint density at radius 1 is 0.974 bits per heavy atom. The number of rotatable bonds is 7. The van der Waals surface area contributed by atoms with Gasteiger partial charge in [-0.2, -0.15) is 14.6 Å². The fourth-order valence-electron chi connectivity index (χ4n) is 4.22. The Morgan fingerprint density at radius 2 is 1.74 bits per heavy atom. The van der Waals surface area contributed by atoms with Crippen LogP contribution in [0.5, 0.6) is 5.75 Å². The Hall–Kier alpha value is -4.82. The number of para-hydroxylation sites is 1. The Morgan fingerprint density at radius 3 is 2.45 bits per heavy atom. The second-order valence-electron chi connectivity index (χ2n) is 8.70. The predicted molar refractivity (Wildman–Crippen MR) is 151 cm³/mol. The normalized spacial score (nSPS) is 11.8. The average molecular weight is 518 g/mol. The van der Waals surface area contributed by atoms with Gasteiger partial charge in [0.2, 0.25) is 4.96 Å². The van der Waals surface area contributed by atoms with Crippen LogP contribution in [0, 0.1) is 6.92 Å². The molecule has 7 nitrogen and oxygen atoms in total. The minimum absolute atomic E-state index is 0.206. The van der Waals surface area contributed by atoms with Gasteiger partial charge in [-0.05, 0) is 48.9 Å². The van der Waals surface area contributed by atoms with Gasteiger partial charge in [-0.1, -0.05) is 72.5 Å². The molecule has 0 radical (unpaired) electrons. The minimum Gasteiger partial charge on any atom is -0.489 e. The van der Waals surface area contributed by atoms with E-state index >= 15 is 0 Å². The molecule has 3 aromatic carbocycles. The molecule has 0 spiro atoms. The van der Waals surface area contributed by atoms with E-state index in [2.05, 4.69) is 16.7 Å². The van der Waals surface area contributed by atoms with Crippen molar-refractivity contribution in [3.63, 3.8) is 0 Å². The van der Waals surface area contributed by atoms with Gasteiger partial charge in [0.25, 0.3) is 5.56 Å². The molecular weight excluding hydrogens is 494 g/mol. The molecule has 38 heavy (non-hydrogen) atoms. The molecule has 6 rings (SSSR count). The lowest BCUT2D eigenvalue weighted by Crippen LogP contribution is -2.23. The number of ether oxygens (including phenoxy) is 1. The summed E-state index contributed by atoms with van der Waals surface area (Å²) in [4.78, 5) is 18.4. The standard InChI is InChI=1S/C30H23N5O2S/c1-3-16-37-25-15-14-22(17-20(25)2)27-23(19-34(32-27)24-12-8-5-9-13-24)18-26-29(36)35-30(38-26)31-28(33-35)21-10-6-4-7-11-21/h3-15,17-19H,1,16H2,2H3. The molecule has 0 unspecified atom stereocenters. The van der Waals surface area contributed by atoms with Gasteiger partial charge in [0, 0.05) is 22.9 Å². The molecule has 3 aromatic heterocycles. The Balaban J connectivity index is 1.47. The lowest BCUT2D eigenvalue weighted by Gasteiger charge is -2.08. The fourth-order valence-corrected chi connectivity index (χ4v) is 5.12. The summed E-state index contributed by atoms with van der Waals surface area (Å²) in [5, 5.41) is 9.36. The molecule has 186 valence electrons. The Kier molecular flexibility index (Phi) is 6.15. The summed E-state index contributed by atoms with van der Waals surface area (Å²) in [6.45, 7) is 6.15.